The van der Waals surface area contributed by atoms with Gasteiger partial charge in [-0.1, -0.05) is 0 Å². The van der Waals surface area contributed by atoms with Crippen LogP contribution in [0.15, 0.2) is 0 Å². The number of rotatable bonds is 9. The Bertz CT molecular complexity index is 149. The highest BCUT2D eigenvalue weighted by Gasteiger charge is 2.24. The van der Waals surface area contributed by atoms with Gasteiger partial charge in [0, 0.05) is 27.2 Å². The minimum atomic E-state index is -0.333. The zero-order valence-electron chi connectivity index (χ0n) is 11.4. The molecular formula is C12H26O4. The van der Waals surface area contributed by atoms with Gasteiger partial charge in [-0.3, -0.25) is 0 Å². The minimum Gasteiger partial charge on any atom is -0.385 e. The molecule has 1 atom stereocenters. The lowest BCUT2D eigenvalue weighted by Crippen LogP contribution is -2.37. The van der Waals surface area contributed by atoms with Gasteiger partial charge in [-0.05, 0) is 27.7 Å². The molecule has 0 aromatic carbocycles. The van der Waals surface area contributed by atoms with E-state index in [0.717, 1.165) is 6.42 Å². The van der Waals surface area contributed by atoms with Crippen LogP contribution in [0.25, 0.3) is 0 Å². The van der Waals surface area contributed by atoms with Gasteiger partial charge < -0.3 is 18.9 Å². The van der Waals surface area contributed by atoms with Gasteiger partial charge >= 0.3 is 0 Å². The molecule has 0 aliphatic rings. The molecule has 0 aliphatic heterocycles. The van der Waals surface area contributed by atoms with Crippen LogP contribution in [0.1, 0.15) is 34.1 Å². The average molecular weight is 234 g/mol. The second-order valence-corrected chi connectivity index (χ2v) is 4.29. The second kappa shape index (κ2) is 8.93. The van der Waals surface area contributed by atoms with Crippen LogP contribution in [0.5, 0.6) is 0 Å². The van der Waals surface area contributed by atoms with E-state index in [0.29, 0.717) is 6.61 Å². The fraction of sp³-hybridized carbons (Fsp3) is 1.00. The Hall–Kier alpha value is -0.160. The first kappa shape index (κ1) is 15.8. The highest BCUT2D eigenvalue weighted by molar-refractivity contribution is 4.64. The van der Waals surface area contributed by atoms with Crippen LogP contribution in [-0.4, -0.2) is 45.4 Å². The lowest BCUT2D eigenvalue weighted by molar-refractivity contribution is -0.232. The summed E-state index contributed by atoms with van der Waals surface area (Å²) in [5.74, 6) is 0. The third-order valence-electron chi connectivity index (χ3n) is 2.03. The molecule has 0 saturated heterocycles. The maximum absolute atomic E-state index is 5.71. The Morgan fingerprint density at radius 3 is 1.69 bits per heavy atom. The van der Waals surface area contributed by atoms with E-state index in [1.807, 2.05) is 27.7 Å². The predicted octanol–water partition coefficient (Wildman–Crippen LogP) is 2.21. The Morgan fingerprint density at radius 1 is 0.875 bits per heavy atom. The first-order chi connectivity index (χ1) is 7.51. The van der Waals surface area contributed by atoms with Gasteiger partial charge in [0.2, 0.25) is 0 Å². The largest absolute Gasteiger partial charge is 0.385 e. The molecule has 0 bridgehead atoms. The molecule has 0 aromatic heterocycles. The summed E-state index contributed by atoms with van der Waals surface area (Å²) in [4.78, 5) is 0. The summed E-state index contributed by atoms with van der Waals surface area (Å²) in [6.07, 6.45) is 0.565. The predicted molar refractivity (Wildman–Crippen MR) is 63.5 cm³/mol. The fourth-order valence-electron chi connectivity index (χ4n) is 1.34. The van der Waals surface area contributed by atoms with Gasteiger partial charge in [-0.15, -0.1) is 0 Å². The third kappa shape index (κ3) is 7.17. The fourth-order valence-corrected chi connectivity index (χ4v) is 1.34. The van der Waals surface area contributed by atoms with Crippen molar-refractivity contribution in [2.24, 2.45) is 0 Å². The zero-order valence-corrected chi connectivity index (χ0v) is 11.4. The summed E-state index contributed by atoms with van der Waals surface area (Å²) >= 11 is 0. The number of ether oxygens (including phenoxy) is 4. The number of hydrogen-bond donors (Lipinski definition) is 0. The monoisotopic (exact) mass is 234 g/mol. The van der Waals surface area contributed by atoms with Gasteiger partial charge in [-0.25, -0.2) is 0 Å². The summed E-state index contributed by atoms with van der Waals surface area (Å²) in [7, 11) is 3.34. The molecule has 0 aliphatic carbocycles. The van der Waals surface area contributed by atoms with E-state index < -0.39 is 0 Å². The van der Waals surface area contributed by atoms with E-state index >= 15 is 0 Å². The third-order valence-corrected chi connectivity index (χ3v) is 2.03. The molecule has 0 spiro atoms. The Labute approximate surface area is 99.2 Å². The Balaban J connectivity index is 4.29. The van der Waals surface area contributed by atoms with Crippen LogP contribution in [0, 0.1) is 0 Å². The van der Waals surface area contributed by atoms with Gasteiger partial charge in [-0.2, -0.15) is 0 Å². The van der Waals surface area contributed by atoms with Crippen molar-refractivity contribution in [1.29, 1.82) is 0 Å². The Morgan fingerprint density at radius 2 is 1.38 bits per heavy atom. The van der Waals surface area contributed by atoms with Crippen LogP contribution in [0.2, 0.25) is 0 Å². The molecule has 1 unspecified atom stereocenters. The summed E-state index contributed by atoms with van der Waals surface area (Å²) in [5, 5.41) is 0. The van der Waals surface area contributed by atoms with Crippen molar-refractivity contribution in [3.05, 3.63) is 0 Å². The van der Waals surface area contributed by atoms with E-state index in [1.54, 1.807) is 14.2 Å². The topological polar surface area (TPSA) is 36.9 Å². The molecule has 4 nitrogen and oxygen atoms in total. The van der Waals surface area contributed by atoms with Crippen LogP contribution in [-0.2, 0) is 18.9 Å². The van der Waals surface area contributed by atoms with Crippen molar-refractivity contribution in [2.45, 2.75) is 58.7 Å². The molecule has 0 aromatic rings. The van der Waals surface area contributed by atoms with Gasteiger partial charge in [0.25, 0.3) is 0 Å². The first-order valence-electron chi connectivity index (χ1n) is 5.83. The second-order valence-electron chi connectivity index (χ2n) is 4.29. The molecule has 0 N–H and O–H groups in total. The molecule has 0 fully saturated rings. The molecule has 0 rings (SSSR count). The normalized spacial score (nSPS) is 14.1. The summed E-state index contributed by atoms with van der Waals surface area (Å²) in [6, 6.07) is 0. The summed E-state index contributed by atoms with van der Waals surface area (Å²) in [5.41, 5.74) is 0. The maximum Gasteiger partial charge on any atom is 0.184 e. The average Bonchev–Trinajstić information content (AvgIpc) is 2.16. The van der Waals surface area contributed by atoms with Crippen LogP contribution < -0.4 is 0 Å². The molecule has 16 heavy (non-hydrogen) atoms. The highest BCUT2D eigenvalue weighted by Crippen LogP contribution is 2.14. The van der Waals surface area contributed by atoms with Gasteiger partial charge in [0.05, 0.1) is 12.2 Å². The van der Waals surface area contributed by atoms with E-state index in [1.165, 1.54) is 0 Å². The molecular weight excluding hydrogens is 208 g/mol. The van der Waals surface area contributed by atoms with Gasteiger partial charge in [0.1, 0.15) is 6.10 Å². The molecule has 0 heterocycles. The molecule has 98 valence electrons. The molecule has 0 saturated carbocycles. The molecule has 0 amide bonds. The van der Waals surface area contributed by atoms with E-state index in [4.69, 9.17) is 18.9 Å². The highest BCUT2D eigenvalue weighted by atomic mass is 16.7. The van der Waals surface area contributed by atoms with E-state index in [-0.39, 0.29) is 24.6 Å². The minimum absolute atomic E-state index is 0.0928. The number of hydrogen-bond acceptors (Lipinski definition) is 4. The molecule has 0 radical (unpaired) electrons. The first-order valence-corrected chi connectivity index (χ1v) is 5.83. The van der Waals surface area contributed by atoms with Crippen molar-refractivity contribution >= 4 is 0 Å². The van der Waals surface area contributed by atoms with Crippen molar-refractivity contribution < 1.29 is 18.9 Å². The summed E-state index contributed by atoms with van der Waals surface area (Å²) in [6.45, 7) is 8.58. The van der Waals surface area contributed by atoms with E-state index in [9.17, 15) is 0 Å². The number of methoxy groups -OCH3 is 2. The quantitative estimate of drug-likeness (QED) is 0.573. The van der Waals surface area contributed by atoms with Crippen molar-refractivity contribution in [1.82, 2.24) is 0 Å². The van der Waals surface area contributed by atoms with Crippen molar-refractivity contribution in [3.63, 3.8) is 0 Å². The van der Waals surface area contributed by atoms with Crippen molar-refractivity contribution in [3.8, 4) is 0 Å². The van der Waals surface area contributed by atoms with Crippen LogP contribution in [0.3, 0.4) is 0 Å². The lowest BCUT2D eigenvalue weighted by atomic mass is 10.2. The van der Waals surface area contributed by atoms with E-state index in [2.05, 4.69) is 0 Å². The van der Waals surface area contributed by atoms with Crippen molar-refractivity contribution in [2.75, 3.05) is 20.8 Å². The summed E-state index contributed by atoms with van der Waals surface area (Å²) < 4.78 is 21.8. The van der Waals surface area contributed by atoms with Gasteiger partial charge in [0.15, 0.2) is 6.29 Å². The zero-order chi connectivity index (χ0) is 12.6. The standard InChI is InChI=1S/C12H26O4/c1-9(2)15-12(16-10(3)4)11(14-6)7-8-13-5/h9-12H,7-8H2,1-6H3. The van der Waals surface area contributed by atoms with Crippen LogP contribution in [0.4, 0.5) is 0 Å². The lowest BCUT2D eigenvalue weighted by Gasteiger charge is -2.29. The SMILES string of the molecule is COCCC(OC)C(OC(C)C)OC(C)C. The maximum atomic E-state index is 5.71. The van der Waals surface area contributed by atoms with Crippen LogP contribution >= 0.6 is 0 Å². The molecule has 4 heteroatoms. The Kier molecular flexibility index (Phi) is 8.84. The smallest absolute Gasteiger partial charge is 0.184 e.